The number of nitrogens with one attached hydrogen (secondary N) is 2. The van der Waals surface area contributed by atoms with Gasteiger partial charge in [0.25, 0.3) is 0 Å². The second-order valence-corrected chi connectivity index (χ2v) is 7.20. The van der Waals surface area contributed by atoms with Crippen LogP contribution in [0, 0.1) is 19.8 Å². The van der Waals surface area contributed by atoms with Crippen molar-refractivity contribution < 1.29 is 4.79 Å². The summed E-state index contributed by atoms with van der Waals surface area (Å²) in [7, 11) is 0. The van der Waals surface area contributed by atoms with Crippen molar-refractivity contribution >= 4 is 17.4 Å². The molecule has 2 heterocycles. The normalized spacial score (nSPS) is 11.7. The lowest BCUT2D eigenvalue weighted by Gasteiger charge is -2.14. The molecule has 3 rings (SSSR count). The number of nitrogens with zero attached hydrogens (tertiary/aromatic N) is 3. The van der Waals surface area contributed by atoms with Gasteiger partial charge in [0.1, 0.15) is 5.82 Å². The molecule has 2 N–H and O–H groups in total. The fraction of sp³-hybridized carbons (Fsp3) is 0.304. The molecule has 0 aliphatic rings. The number of aryl methyl sites for hydroxylation is 1. The van der Waals surface area contributed by atoms with Crippen molar-refractivity contribution in [1.82, 2.24) is 15.0 Å². The Balaban J connectivity index is 1.75. The van der Waals surface area contributed by atoms with E-state index < -0.39 is 0 Å². The Morgan fingerprint density at radius 2 is 1.97 bits per heavy atom. The summed E-state index contributed by atoms with van der Waals surface area (Å²) in [6.45, 7) is 8.52. The first kappa shape index (κ1) is 20.5. The molecule has 0 spiro atoms. The zero-order valence-electron chi connectivity index (χ0n) is 17.4. The van der Waals surface area contributed by atoms with E-state index in [0.717, 1.165) is 40.3 Å². The van der Waals surface area contributed by atoms with Crippen LogP contribution in [0.15, 0.2) is 48.8 Å². The molecular weight excluding hydrogens is 362 g/mol. The molecule has 3 aromatic rings. The van der Waals surface area contributed by atoms with E-state index in [1.54, 1.807) is 12.4 Å². The quantitative estimate of drug-likeness (QED) is 0.609. The zero-order chi connectivity index (χ0) is 20.8. The predicted molar refractivity (Wildman–Crippen MR) is 117 cm³/mol. The van der Waals surface area contributed by atoms with E-state index in [0.29, 0.717) is 12.4 Å². The van der Waals surface area contributed by atoms with Gasteiger partial charge in [0.15, 0.2) is 5.82 Å². The van der Waals surface area contributed by atoms with Gasteiger partial charge in [0.2, 0.25) is 5.91 Å². The Morgan fingerprint density at radius 3 is 2.69 bits per heavy atom. The smallest absolute Gasteiger partial charge is 0.227 e. The standard InChI is InChI=1S/C23H27N5O/c1-5-15(2)23(29)27-20-10-6-8-18(12-20)13-25-21-16(3)17(4)26-22(28-21)19-9-7-11-24-14-19/h6-12,14-15H,5,13H2,1-4H3,(H,27,29)(H,25,26,28). The monoisotopic (exact) mass is 389 g/mol. The molecule has 1 atom stereocenters. The first-order chi connectivity index (χ1) is 14.0. The molecule has 0 aliphatic carbocycles. The highest BCUT2D eigenvalue weighted by molar-refractivity contribution is 5.92. The van der Waals surface area contributed by atoms with E-state index in [4.69, 9.17) is 4.98 Å². The molecule has 0 radical (unpaired) electrons. The Bertz CT molecular complexity index is 988. The second kappa shape index (κ2) is 9.28. The average Bonchev–Trinajstić information content (AvgIpc) is 2.75. The van der Waals surface area contributed by atoms with E-state index in [2.05, 4.69) is 20.6 Å². The lowest BCUT2D eigenvalue weighted by atomic mass is 10.1. The van der Waals surface area contributed by atoms with Crippen LogP contribution in [-0.2, 0) is 11.3 Å². The highest BCUT2D eigenvalue weighted by Crippen LogP contribution is 2.22. The van der Waals surface area contributed by atoms with Crippen LogP contribution in [0.3, 0.4) is 0 Å². The number of hydrogen-bond donors (Lipinski definition) is 2. The summed E-state index contributed by atoms with van der Waals surface area (Å²) in [5.74, 6) is 1.49. The van der Waals surface area contributed by atoms with E-state index >= 15 is 0 Å². The molecular formula is C23H27N5O. The minimum atomic E-state index is -0.00526. The molecule has 0 bridgehead atoms. The molecule has 0 saturated heterocycles. The van der Waals surface area contributed by atoms with Gasteiger partial charge in [-0.05, 0) is 50.1 Å². The van der Waals surface area contributed by atoms with Crippen LogP contribution in [0.1, 0.15) is 37.1 Å². The van der Waals surface area contributed by atoms with Gasteiger partial charge in [-0.25, -0.2) is 9.97 Å². The molecule has 6 nitrogen and oxygen atoms in total. The summed E-state index contributed by atoms with van der Waals surface area (Å²) in [6, 6.07) is 11.7. The van der Waals surface area contributed by atoms with Crippen molar-refractivity contribution in [1.29, 1.82) is 0 Å². The maximum Gasteiger partial charge on any atom is 0.227 e. The molecule has 2 aromatic heterocycles. The van der Waals surface area contributed by atoms with Gasteiger partial charge in [0, 0.05) is 47.4 Å². The lowest BCUT2D eigenvalue weighted by molar-refractivity contribution is -0.119. The number of hydrogen-bond acceptors (Lipinski definition) is 5. The summed E-state index contributed by atoms with van der Waals surface area (Å²) < 4.78 is 0. The van der Waals surface area contributed by atoms with Crippen LogP contribution in [-0.4, -0.2) is 20.9 Å². The fourth-order valence-electron chi connectivity index (χ4n) is 2.82. The number of aromatic nitrogens is 3. The first-order valence-corrected chi connectivity index (χ1v) is 9.87. The van der Waals surface area contributed by atoms with E-state index in [9.17, 15) is 4.79 Å². The molecule has 6 heteroatoms. The predicted octanol–water partition coefficient (Wildman–Crippen LogP) is 4.75. The maximum absolute atomic E-state index is 12.1. The summed E-state index contributed by atoms with van der Waals surface area (Å²) in [5.41, 5.74) is 4.69. The summed E-state index contributed by atoms with van der Waals surface area (Å²) in [5, 5.41) is 6.39. The van der Waals surface area contributed by atoms with Crippen LogP contribution in [0.2, 0.25) is 0 Å². The molecule has 1 aromatic carbocycles. The van der Waals surface area contributed by atoms with Crippen LogP contribution in [0.4, 0.5) is 11.5 Å². The number of anilines is 2. The van der Waals surface area contributed by atoms with Crippen molar-refractivity contribution in [2.75, 3.05) is 10.6 Å². The number of rotatable bonds is 7. The third-order valence-corrected chi connectivity index (χ3v) is 5.02. The first-order valence-electron chi connectivity index (χ1n) is 9.87. The Morgan fingerprint density at radius 1 is 1.14 bits per heavy atom. The van der Waals surface area contributed by atoms with Gasteiger partial charge in [-0.15, -0.1) is 0 Å². The summed E-state index contributed by atoms with van der Waals surface area (Å²) >= 11 is 0. The van der Waals surface area contributed by atoms with E-state index in [1.165, 1.54) is 0 Å². The van der Waals surface area contributed by atoms with Crippen molar-refractivity contribution in [2.24, 2.45) is 5.92 Å². The highest BCUT2D eigenvalue weighted by atomic mass is 16.1. The topological polar surface area (TPSA) is 79.8 Å². The minimum Gasteiger partial charge on any atom is -0.366 e. The SMILES string of the molecule is CCC(C)C(=O)Nc1cccc(CNc2nc(-c3cccnc3)nc(C)c2C)c1. The van der Waals surface area contributed by atoms with Crippen molar-refractivity contribution in [3.8, 4) is 11.4 Å². The van der Waals surface area contributed by atoms with Gasteiger partial charge < -0.3 is 10.6 Å². The number of carbonyl (C=O) groups is 1. The van der Waals surface area contributed by atoms with Gasteiger partial charge in [0.05, 0.1) is 0 Å². The van der Waals surface area contributed by atoms with Gasteiger partial charge >= 0.3 is 0 Å². The third-order valence-electron chi connectivity index (χ3n) is 5.02. The number of pyridine rings is 1. The zero-order valence-corrected chi connectivity index (χ0v) is 17.4. The van der Waals surface area contributed by atoms with E-state index in [1.807, 2.05) is 64.1 Å². The van der Waals surface area contributed by atoms with Gasteiger partial charge in [-0.3, -0.25) is 9.78 Å². The fourth-order valence-corrected chi connectivity index (χ4v) is 2.82. The Kier molecular flexibility index (Phi) is 6.54. The van der Waals surface area contributed by atoms with Crippen LogP contribution < -0.4 is 10.6 Å². The third kappa shape index (κ3) is 5.16. The second-order valence-electron chi connectivity index (χ2n) is 7.20. The minimum absolute atomic E-state index is 0.00526. The number of carbonyl (C=O) groups excluding carboxylic acids is 1. The van der Waals surface area contributed by atoms with Gasteiger partial charge in [-0.2, -0.15) is 0 Å². The molecule has 0 saturated carbocycles. The molecule has 1 unspecified atom stereocenters. The molecule has 0 fully saturated rings. The Labute approximate surface area is 171 Å². The molecule has 1 amide bonds. The van der Waals surface area contributed by atoms with Crippen molar-refractivity contribution in [2.45, 2.75) is 40.7 Å². The van der Waals surface area contributed by atoms with Crippen LogP contribution in [0.25, 0.3) is 11.4 Å². The molecule has 29 heavy (non-hydrogen) atoms. The maximum atomic E-state index is 12.1. The number of benzene rings is 1. The average molecular weight is 390 g/mol. The van der Waals surface area contributed by atoms with Crippen LogP contribution >= 0.6 is 0 Å². The summed E-state index contributed by atoms with van der Waals surface area (Å²) in [6.07, 6.45) is 4.31. The van der Waals surface area contributed by atoms with Crippen LogP contribution in [0.5, 0.6) is 0 Å². The van der Waals surface area contributed by atoms with Crippen molar-refractivity contribution in [3.05, 3.63) is 65.6 Å². The highest BCUT2D eigenvalue weighted by Gasteiger charge is 2.12. The largest absolute Gasteiger partial charge is 0.366 e. The molecule has 150 valence electrons. The van der Waals surface area contributed by atoms with Crippen molar-refractivity contribution in [3.63, 3.8) is 0 Å². The Hall–Kier alpha value is -3.28. The molecule has 0 aliphatic heterocycles. The summed E-state index contributed by atoms with van der Waals surface area (Å²) in [4.78, 5) is 25.6. The lowest BCUT2D eigenvalue weighted by Crippen LogP contribution is -2.19. The number of amides is 1. The van der Waals surface area contributed by atoms with Gasteiger partial charge in [-0.1, -0.05) is 26.0 Å². The van der Waals surface area contributed by atoms with E-state index in [-0.39, 0.29) is 11.8 Å².